The van der Waals surface area contributed by atoms with Gasteiger partial charge < -0.3 is 24.8 Å². The third-order valence-corrected chi connectivity index (χ3v) is 4.74. The molecule has 0 radical (unpaired) electrons. The number of benzene rings is 1. The van der Waals surface area contributed by atoms with Crippen LogP contribution in [0.15, 0.2) is 23.2 Å². The van der Waals surface area contributed by atoms with Crippen molar-refractivity contribution in [2.75, 3.05) is 40.0 Å². The summed E-state index contributed by atoms with van der Waals surface area (Å²) in [4.78, 5) is 4.30. The van der Waals surface area contributed by atoms with Gasteiger partial charge >= 0.3 is 0 Å². The Hall–Kier alpha value is -1.79. The minimum Gasteiger partial charge on any atom is -0.491 e. The zero-order chi connectivity index (χ0) is 20.0. The van der Waals surface area contributed by atoms with Crippen molar-refractivity contribution in [1.29, 1.82) is 0 Å². The van der Waals surface area contributed by atoms with Crippen LogP contribution < -0.4 is 15.4 Å². The van der Waals surface area contributed by atoms with Crippen molar-refractivity contribution < 1.29 is 14.2 Å². The van der Waals surface area contributed by atoms with Gasteiger partial charge in [-0.25, -0.2) is 0 Å². The molecule has 0 spiro atoms. The molecule has 6 nitrogen and oxygen atoms in total. The van der Waals surface area contributed by atoms with Crippen LogP contribution in [0.4, 0.5) is 0 Å². The quantitative estimate of drug-likeness (QED) is 0.325. The van der Waals surface area contributed by atoms with Crippen LogP contribution in [0.5, 0.6) is 5.75 Å². The molecule has 1 atom stereocenters. The van der Waals surface area contributed by atoms with E-state index in [1.165, 1.54) is 12.0 Å². The molecule has 1 fully saturated rings. The van der Waals surface area contributed by atoms with Crippen LogP contribution >= 0.6 is 0 Å². The lowest BCUT2D eigenvalue weighted by Crippen LogP contribution is -2.37. The van der Waals surface area contributed by atoms with Crippen molar-refractivity contribution in [2.24, 2.45) is 4.99 Å². The molecule has 1 heterocycles. The highest BCUT2D eigenvalue weighted by atomic mass is 16.5. The monoisotopic (exact) mass is 391 g/mol. The van der Waals surface area contributed by atoms with Crippen molar-refractivity contribution in [3.05, 3.63) is 29.3 Å². The third-order valence-electron chi connectivity index (χ3n) is 4.74. The van der Waals surface area contributed by atoms with Gasteiger partial charge in [0.25, 0.3) is 0 Å². The van der Waals surface area contributed by atoms with Gasteiger partial charge in [0.1, 0.15) is 12.4 Å². The zero-order valence-corrected chi connectivity index (χ0v) is 17.8. The summed E-state index contributed by atoms with van der Waals surface area (Å²) in [6.07, 6.45) is 5.69. The van der Waals surface area contributed by atoms with Gasteiger partial charge in [0.2, 0.25) is 0 Å². The Kier molecular flexibility index (Phi) is 10.8. The Labute approximate surface area is 170 Å². The second kappa shape index (κ2) is 13.4. The highest BCUT2D eigenvalue weighted by Gasteiger charge is 2.17. The Bertz CT molecular complexity index is 586. The van der Waals surface area contributed by atoms with Crippen molar-refractivity contribution in [3.63, 3.8) is 0 Å². The van der Waals surface area contributed by atoms with Crippen molar-refractivity contribution in [1.82, 2.24) is 10.6 Å². The molecule has 1 aromatic rings. The molecule has 1 saturated heterocycles. The second-order valence-electron chi connectivity index (χ2n) is 7.23. The Morgan fingerprint density at radius 3 is 2.86 bits per heavy atom. The van der Waals surface area contributed by atoms with Crippen LogP contribution in [0.25, 0.3) is 0 Å². The summed E-state index contributed by atoms with van der Waals surface area (Å²) < 4.78 is 17.3. The first kappa shape index (κ1) is 22.5. The van der Waals surface area contributed by atoms with E-state index < -0.39 is 0 Å². The van der Waals surface area contributed by atoms with Gasteiger partial charge in [-0.15, -0.1) is 0 Å². The minimum atomic E-state index is 0.218. The average molecular weight is 392 g/mol. The molecule has 1 aliphatic rings. The van der Waals surface area contributed by atoms with E-state index >= 15 is 0 Å². The van der Waals surface area contributed by atoms with E-state index in [0.717, 1.165) is 69.3 Å². The maximum absolute atomic E-state index is 6.07. The molecule has 28 heavy (non-hydrogen) atoms. The first-order valence-corrected chi connectivity index (χ1v) is 10.6. The van der Waals surface area contributed by atoms with Crippen molar-refractivity contribution in [3.8, 4) is 5.75 Å². The standard InChI is InChI=1S/C22H37N3O3/c1-4-5-12-26-13-7-11-24-22(23-3)25-16-19-10-9-18(2)15-21(19)28-17-20-8-6-14-27-20/h9-10,15,20H,4-8,11-14,16-17H2,1-3H3,(H2,23,24,25). The van der Waals surface area contributed by atoms with Gasteiger partial charge in [0, 0.05) is 45.5 Å². The molecule has 0 aromatic heterocycles. The molecular weight excluding hydrogens is 354 g/mol. The molecule has 2 N–H and O–H groups in total. The molecule has 0 bridgehead atoms. The topological polar surface area (TPSA) is 64.1 Å². The molecule has 0 saturated carbocycles. The lowest BCUT2D eigenvalue weighted by Gasteiger charge is -2.17. The Balaban J connectivity index is 1.74. The molecule has 1 unspecified atom stereocenters. The van der Waals surface area contributed by atoms with Crippen molar-refractivity contribution in [2.45, 2.75) is 58.6 Å². The Morgan fingerprint density at radius 2 is 2.11 bits per heavy atom. The summed E-state index contributed by atoms with van der Waals surface area (Å²) in [6.45, 7) is 8.85. The zero-order valence-electron chi connectivity index (χ0n) is 17.8. The fraction of sp³-hybridized carbons (Fsp3) is 0.682. The fourth-order valence-electron chi connectivity index (χ4n) is 3.03. The van der Waals surface area contributed by atoms with Crippen LogP contribution in [-0.2, 0) is 16.0 Å². The number of rotatable bonds is 12. The van der Waals surface area contributed by atoms with E-state index in [9.17, 15) is 0 Å². The molecular formula is C22H37N3O3. The lowest BCUT2D eigenvalue weighted by atomic mass is 10.1. The lowest BCUT2D eigenvalue weighted by molar-refractivity contribution is 0.0676. The Morgan fingerprint density at radius 1 is 1.25 bits per heavy atom. The molecule has 0 aliphatic carbocycles. The predicted octanol–water partition coefficient (Wildman–Crippen LogP) is 3.42. The molecule has 1 aliphatic heterocycles. The molecule has 0 amide bonds. The van der Waals surface area contributed by atoms with E-state index in [0.29, 0.717) is 13.2 Å². The number of aryl methyl sites for hydroxylation is 1. The van der Waals surface area contributed by atoms with Gasteiger partial charge in [-0.2, -0.15) is 0 Å². The van der Waals surface area contributed by atoms with Gasteiger partial charge in [-0.05, 0) is 44.2 Å². The van der Waals surface area contributed by atoms with E-state index in [1.54, 1.807) is 7.05 Å². The number of nitrogens with zero attached hydrogens (tertiary/aromatic N) is 1. The van der Waals surface area contributed by atoms with E-state index in [-0.39, 0.29) is 6.10 Å². The maximum atomic E-state index is 6.07. The highest BCUT2D eigenvalue weighted by molar-refractivity contribution is 5.79. The maximum Gasteiger partial charge on any atom is 0.191 e. The number of guanidine groups is 1. The summed E-state index contributed by atoms with van der Waals surface area (Å²) in [5.74, 6) is 1.71. The number of nitrogens with one attached hydrogen (secondary N) is 2. The van der Waals surface area contributed by atoms with Crippen LogP contribution in [0.2, 0.25) is 0 Å². The highest BCUT2D eigenvalue weighted by Crippen LogP contribution is 2.22. The number of aliphatic imine (C=N–C) groups is 1. The second-order valence-corrected chi connectivity index (χ2v) is 7.23. The van der Waals surface area contributed by atoms with Gasteiger partial charge in [0.05, 0.1) is 6.10 Å². The summed E-state index contributed by atoms with van der Waals surface area (Å²) in [5.41, 5.74) is 2.31. The minimum absolute atomic E-state index is 0.218. The average Bonchev–Trinajstić information content (AvgIpc) is 3.22. The fourth-order valence-corrected chi connectivity index (χ4v) is 3.03. The first-order valence-electron chi connectivity index (χ1n) is 10.6. The normalized spacial score (nSPS) is 17.0. The van der Waals surface area contributed by atoms with Crippen LogP contribution in [0, 0.1) is 6.92 Å². The van der Waals surface area contributed by atoms with Crippen LogP contribution in [-0.4, -0.2) is 52.1 Å². The van der Waals surface area contributed by atoms with Gasteiger partial charge in [0.15, 0.2) is 5.96 Å². The molecule has 2 rings (SSSR count). The van der Waals surface area contributed by atoms with Crippen LogP contribution in [0.1, 0.15) is 50.2 Å². The smallest absolute Gasteiger partial charge is 0.191 e. The van der Waals surface area contributed by atoms with Gasteiger partial charge in [-0.1, -0.05) is 25.5 Å². The molecule has 6 heteroatoms. The predicted molar refractivity (Wildman–Crippen MR) is 114 cm³/mol. The van der Waals surface area contributed by atoms with E-state index in [1.807, 2.05) is 0 Å². The van der Waals surface area contributed by atoms with Crippen molar-refractivity contribution >= 4 is 5.96 Å². The summed E-state index contributed by atoms with van der Waals surface area (Å²) in [5, 5.41) is 6.71. The molecule has 1 aromatic carbocycles. The molecule has 158 valence electrons. The number of ether oxygens (including phenoxy) is 3. The van der Waals surface area contributed by atoms with E-state index in [4.69, 9.17) is 14.2 Å². The number of hydrogen-bond donors (Lipinski definition) is 2. The SMILES string of the molecule is CCCCOCCCNC(=NC)NCc1ccc(C)cc1OCC1CCCO1. The summed E-state index contributed by atoms with van der Waals surface area (Å²) in [7, 11) is 1.79. The first-order chi connectivity index (χ1) is 13.7. The van der Waals surface area contributed by atoms with Crippen LogP contribution in [0.3, 0.4) is 0 Å². The largest absolute Gasteiger partial charge is 0.491 e. The number of hydrogen-bond acceptors (Lipinski definition) is 4. The third kappa shape index (κ3) is 8.48. The van der Waals surface area contributed by atoms with E-state index in [2.05, 4.69) is 47.7 Å². The van der Waals surface area contributed by atoms with Gasteiger partial charge in [-0.3, -0.25) is 4.99 Å². The summed E-state index contributed by atoms with van der Waals surface area (Å²) in [6, 6.07) is 6.32. The number of unbranched alkanes of at least 4 members (excludes halogenated alkanes) is 1. The summed E-state index contributed by atoms with van der Waals surface area (Å²) >= 11 is 0.